The molecule has 13 rings (SSSR count). The number of rotatable bonds is 5. The number of fused-ring (bicyclic) bond motifs is 16. The fourth-order valence-electron chi connectivity index (χ4n) is 11.0. The van der Waals surface area contributed by atoms with Gasteiger partial charge in [0.05, 0.1) is 16.8 Å². The zero-order valence-electron chi connectivity index (χ0n) is 34.4. The largest absolute Gasteiger partial charge is 0.309 e. The first-order valence-corrected chi connectivity index (χ1v) is 22.6. The van der Waals surface area contributed by atoms with Crippen LogP contribution in [-0.2, 0) is 5.41 Å². The third-order valence-electron chi connectivity index (χ3n) is 13.5. The van der Waals surface area contributed by atoms with E-state index < -0.39 is 5.41 Å². The van der Waals surface area contributed by atoms with E-state index in [2.05, 4.69) is 241 Å². The van der Waals surface area contributed by atoms with Crippen molar-refractivity contribution in [3.05, 3.63) is 259 Å². The maximum atomic E-state index is 2.50. The summed E-state index contributed by atoms with van der Waals surface area (Å²) in [4.78, 5) is 2.50. The standard InChI is InChI=1S/C61H39NS/c1-3-19-40(20-4-1)43-23-11-16-32-55(43)62(56-33-17-12-24-44(56)41-21-5-2-6-22-41)42-35-36-53-50(39-42)46-26-8-7-25-45(46)47-27-9-14-30-51(47)61(53)52-31-15-10-28-48(52)59-54(61)37-38-58-60(59)49-29-13-18-34-57(49)63-58/h1-39H. The van der Waals surface area contributed by atoms with Crippen molar-refractivity contribution < 1.29 is 0 Å². The molecular formula is C61H39NS. The smallest absolute Gasteiger partial charge is 0.0725 e. The molecule has 294 valence electrons. The van der Waals surface area contributed by atoms with Gasteiger partial charge in [-0.3, -0.25) is 0 Å². The Morgan fingerprint density at radius 2 is 0.794 bits per heavy atom. The molecule has 1 heterocycles. The minimum Gasteiger partial charge on any atom is -0.309 e. The number of nitrogens with zero attached hydrogens (tertiary/aromatic N) is 1. The fourth-order valence-corrected chi connectivity index (χ4v) is 12.1. The van der Waals surface area contributed by atoms with E-state index in [9.17, 15) is 0 Å². The van der Waals surface area contributed by atoms with Crippen LogP contribution in [0.5, 0.6) is 0 Å². The Kier molecular flexibility index (Phi) is 8.06. The predicted molar refractivity (Wildman–Crippen MR) is 267 cm³/mol. The topological polar surface area (TPSA) is 3.24 Å². The Morgan fingerprint density at radius 1 is 0.317 bits per heavy atom. The highest BCUT2D eigenvalue weighted by molar-refractivity contribution is 7.26. The summed E-state index contributed by atoms with van der Waals surface area (Å²) in [7, 11) is 0. The lowest BCUT2D eigenvalue weighted by molar-refractivity contribution is 0.776. The molecule has 0 amide bonds. The van der Waals surface area contributed by atoms with Crippen LogP contribution in [0.25, 0.3) is 75.8 Å². The lowest BCUT2D eigenvalue weighted by atomic mass is 9.66. The Balaban J connectivity index is 1.16. The highest BCUT2D eigenvalue weighted by Crippen LogP contribution is 2.64. The molecule has 1 nitrogen and oxygen atoms in total. The number of anilines is 3. The molecule has 1 atom stereocenters. The molecule has 2 heteroatoms. The predicted octanol–water partition coefficient (Wildman–Crippen LogP) is 16.9. The van der Waals surface area contributed by atoms with E-state index in [-0.39, 0.29) is 0 Å². The van der Waals surface area contributed by atoms with Crippen LogP contribution in [0.2, 0.25) is 0 Å². The minimum atomic E-state index is -0.596. The Hall–Kier alpha value is -7.78. The average Bonchev–Trinajstić information content (AvgIpc) is 3.85. The molecule has 2 aliphatic rings. The minimum absolute atomic E-state index is 0.596. The highest BCUT2D eigenvalue weighted by Gasteiger charge is 2.50. The van der Waals surface area contributed by atoms with E-state index in [4.69, 9.17) is 0 Å². The van der Waals surface area contributed by atoms with Gasteiger partial charge in [0.15, 0.2) is 0 Å². The second-order valence-electron chi connectivity index (χ2n) is 16.7. The van der Waals surface area contributed by atoms with Gasteiger partial charge >= 0.3 is 0 Å². The van der Waals surface area contributed by atoms with Gasteiger partial charge in [-0.05, 0) is 103 Å². The molecule has 11 aromatic rings. The molecule has 0 fully saturated rings. The molecule has 0 saturated carbocycles. The summed E-state index contributed by atoms with van der Waals surface area (Å²) in [5.41, 5.74) is 20.4. The zero-order chi connectivity index (χ0) is 41.5. The van der Waals surface area contributed by atoms with Gasteiger partial charge in [0.25, 0.3) is 0 Å². The number of para-hydroxylation sites is 2. The van der Waals surface area contributed by atoms with Gasteiger partial charge in [0.2, 0.25) is 0 Å². The van der Waals surface area contributed by atoms with Gasteiger partial charge in [0.1, 0.15) is 0 Å². The number of benzene rings is 10. The molecule has 1 aromatic heterocycles. The second-order valence-corrected chi connectivity index (χ2v) is 17.8. The van der Waals surface area contributed by atoms with Crippen molar-refractivity contribution in [1.29, 1.82) is 0 Å². The van der Waals surface area contributed by atoms with Crippen LogP contribution in [0, 0.1) is 0 Å². The van der Waals surface area contributed by atoms with E-state index in [1.807, 2.05) is 11.3 Å². The van der Waals surface area contributed by atoms with Crippen LogP contribution < -0.4 is 4.90 Å². The van der Waals surface area contributed by atoms with E-state index in [0.717, 1.165) is 17.1 Å². The van der Waals surface area contributed by atoms with Crippen LogP contribution in [0.1, 0.15) is 22.3 Å². The Bertz CT molecular complexity index is 3500. The van der Waals surface area contributed by atoms with E-state index >= 15 is 0 Å². The third kappa shape index (κ3) is 5.22. The summed E-state index contributed by atoms with van der Waals surface area (Å²) in [5, 5.41) is 2.68. The van der Waals surface area contributed by atoms with Crippen LogP contribution >= 0.6 is 11.3 Å². The first kappa shape index (κ1) is 35.9. The average molecular weight is 818 g/mol. The monoisotopic (exact) mass is 817 g/mol. The van der Waals surface area contributed by atoms with E-state index in [1.165, 1.54) is 98.1 Å². The quantitative estimate of drug-likeness (QED) is 0.167. The van der Waals surface area contributed by atoms with Gasteiger partial charge in [0, 0.05) is 37.0 Å². The van der Waals surface area contributed by atoms with Crippen LogP contribution in [-0.4, -0.2) is 0 Å². The van der Waals surface area contributed by atoms with Crippen LogP contribution in [0.4, 0.5) is 17.1 Å². The maximum absolute atomic E-state index is 2.50. The molecule has 1 unspecified atom stereocenters. The molecular weight excluding hydrogens is 779 g/mol. The molecule has 63 heavy (non-hydrogen) atoms. The summed E-state index contributed by atoms with van der Waals surface area (Å²) in [6.07, 6.45) is 0. The van der Waals surface area contributed by atoms with Crippen molar-refractivity contribution in [2.45, 2.75) is 5.41 Å². The second kappa shape index (κ2) is 14.1. The first-order valence-electron chi connectivity index (χ1n) is 21.8. The van der Waals surface area contributed by atoms with E-state index in [1.54, 1.807) is 0 Å². The van der Waals surface area contributed by atoms with Crippen LogP contribution in [0.3, 0.4) is 0 Å². The number of thiophene rings is 1. The summed E-state index contributed by atoms with van der Waals surface area (Å²) < 4.78 is 2.65. The van der Waals surface area contributed by atoms with Crippen molar-refractivity contribution in [3.63, 3.8) is 0 Å². The highest BCUT2D eigenvalue weighted by atomic mass is 32.1. The van der Waals surface area contributed by atoms with E-state index in [0.29, 0.717) is 0 Å². The van der Waals surface area contributed by atoms with Crippen molar-refractivity contribution in [2.75, 3.05) is 4.90 Å². The number of hydrogen-bond acceptors (Lipinski definition) is 2. The lowest BCUT2D eigenvalue weighted by Crippen LogP contribution is -2.29. The van der Waals surface area contributed by atoms with Gasteiger partial charge in [-0.2, -0.15) is 0 Å². The van der Waals surface area contributed by atoms with Gasteiger partial charge < -0.3 is 4.90 Å². The van der Waals surface area contributed by atoms with Crippen molar-refractivity contribution in [1.82, 2.24) is 0 Å². The van der Waals surface area contributed by atoms with Crippen molar-refractivity contribution in [3.8, 4) is 55.6 Å². The lowest BCUT2D eigenvalue weighted by Gasteiger charge is -2.36. The van der Waals surface area contributed by atoms with Crippen molar-refractivity contribution >= 4 is 48.6 Å². The molecule has 0 aliphatic heterocycles. The Morgan fingerprint density at radius 3 is 1.46 bits per heavy atom. The third-order valence-corrected chi connectivity index (χ3v) is 14.6. The summed E-state index contributed by atoms with van der Waals surface area (Å²) in [5.74, 6) is 0. The summed E-state index contributed by atoms with van der Waals surface area (Å²) >= 11 is 1.90. The molecule has 0 bridgehead atoms. The van der Waals surface area contributed by atoms with Crippen LogP contribution in [0.15, 0.2) is 237 Å². The molecule has 0 radical (unpaired) electrons. The molecule has 10 aromatic carbocycles. The molecule has 2 aliphatic carbocycles. The van der Waals surface area contributed by atoms with Crippen molar-refractivity contribution in [2.24, 2.45) is 0 Å². The molecule has 0 N–H and O–H groups in total. The Labute approximate surface area is 371 Å². The summed E-state index contributed by atoms with van der Waals surface area (Å²) in [6.45, 7) is 0. The SMILES string of the molecule is c1ccc(-c2ccccc2N(c2ccc3c(c2)-c2ccccc2-c2ccccc2C32c3ccccc3-c3c2ccc2sc4ccccc4c32)c2ccccc2-c2ccccc2)cc1. The maximum Gasteiger partial charge on any atom is 0.0725 e. The van der Waals surface area contributed by atoms with Gasteiger partial charge in [-0.25, -0.2) is 0 Å². The molecule has 0 saturated heterocycles. The van der Waals surface area contributed by atoms with Gasteiger partial charge in [-0.15, -0.1) is 11.3 Å². The fraction of sp³-hybridized carbons (Fsp3) is 0.0164. The normalized spacial score (nSPS) is 14.4. The van der Waals surface area contributed by atoms with Gasteiger partial charge in [-0.1, -0.05) is 200 Å². The summed E-state index contributed by atoms with van der Waals surface area (Å²) in [6, 6.07) is 88.0. The first-order chi connectivity index (χ1) is 31.3. The zero-order valence-corrected chi connectivity index (χ0v) is 35.2. The molecule has 1 spiro atoms. The number of hydrogen-bond donors (Lipinski definition) is 0.